The van der Waals surface area contributed by atoms with Gasteiger partial charge >= 0.3 is 17.9 Å². The minimum absolute atomic E-state index is 0.0349. The molecule has 0 aliphatic carbocycles. The Morgan fingerprint density at radius 3 is 1.11 bits per heavy atom. The molecule has 1 aromatic rings. The van der Waals surface area contributed by atoms with Crippen molar-refractivity contribution in [1.29, 1.82) is 0 Å². The van der Waals surface area contributed by atoms with Gasteiger partial charge in [0, 0.05) is 0 Å². The summed E-state index contributed by atoms with van der Waals surface area (Å²) < 4.78 is 17.5. The summed E-state index contributed by atoms with van der Waals surface area (Å²) in [6, 6.07) is 4.76. The fourth-order valence-corrected chi connectivity index (χ4v) is 6.13. The Hall–Kier alpha value is -2.37. The maximum absolute atomic E-state index is 13.7. The first-order valence-electron chi connectivity index (χ1n) is 18.5. The van der Waals surface area contributed by atoms with Gasteiger partial charge in [-0.3, -0.25) is 0 Å². The lowest BCUT2D eigenvalue weighted by molar-refractivity contribution is 0.0357. The van der Waals surface area contributed by atoms with Crippen LogP contribution in [0, 0.1) is 17.8 Å². The number of carbonyl (C=O) groups excluding carboxylic acids is 3. The summed E-state index contributed by atoms with van der Waals surface area (Å²) in [5.74, 6) is -1.05. The molecule has 258 valence electrons. The third-order valence-corrected chi connectivity index (χ3v) is 8.80. The van der Waals surface area contributed by atoms with E-state index < -0.39 is 17.9 Å². The Morgan fingerprint density at radius 2 is 0.800 bits per heavy atom. The van der Waals surface area contributed by atoms with Gasteiger partial charge in [-0.05, 0) is 68.4 Å². The maximum Gasteiger partial charge on any atom is 0.339 e. The van der Waals surface area contributed by atoms with Crippen molar-refractivity contribution < 1.29 is 28.6 Å². The Kier molecular flexibility index (Phi) is 23.3. The van der Waals surface area contributed by atoms with Gasteiger partial charge in [-0.25, -0.2) is 14.4 Å². The van der Waals surface area contributed by atoms with Crippen molar-refractivity contribution in [3.63, 3.8) is 0 Å². The number of carbonyl (C=O) groups is 3. The summed E-state index contributed by atoms with van der Waals surface area (Å²) in [4.78, 5) is 40.8. The maximum atomic E-state index is 13.7. The van der Waals surface area contributed by atoms with Gasteiger partial charge in [0.2, 0.25) is 0 Å². The molecule has 0 aromatic heterocycles. The first kappa shape index (κ1) is 40.7. The van der Waals surface area contributed by atoms with Crippen LogP contribution in [-0.4, -0.2) is 37.7 Å². The van der Waals surface area contributed by atoms with Crippen LogP contribution >= 0.6 is 0 Å². The number of hydrogen-bond acceptors (Lipinski definition) is 6. The standard InChI is InChI=1S/C39H66O6/c1-7-13-16-23-31(20-10-4)28-43-37(40)34-26-19-27-35(38(41)44-29-32(21-11-5)24-17-14-8-2)36(34)39(42)45-30-33(22-12-6)25-18-15-9-3/h19,26-27,31-33H,7-18,20-25,28-30H2,1-6H3. The predicted molar refractivity (Wildman–Crippen MR) is 185 cm³/mol. The molecule has 45 heavy (non-hydrogen) atoms. The van der Waals surface area contributed by atoms with Crippen molar-refractivity contribution in [2.75, 3.05) is 19.8 Å². The van der Waals surface area contributed by atoms with E-state index in [9.17, 15) is 14.4 Å². The summed E-state index contributed by atoms with van der Waals surface area (Å²) in [6.07, 6.45) is 19.1. The van der Waals surface area contributed by atoms with Gasteiger partial charge in [-0.15, -0.1) is 0 Å². The van der Waals surface area contributed by atoms with Crippen LogP contribution < -0.4 is 0 Å². The van der Waals surface area contributed by atoms with E-state index in [0.29, 0.717) is 13.2 Å². The Bertz CT molecular complexity index is 887. The van der Waals surface area contributed by atoms with Crippen LogP contribution in [0.5, 0.6) is 0 Å². The van der Waals surface area contributed by atoms with Crippen LogP contribution in [0.1, 0.15) is 188 Å². The monoisotopic (exact) mass is 630 g/mol. The molecule has 0 amide bonds. The molecular formula is C39H66O6. The van der Waals surface area contributed by atoms with E-state index >= 15 is 0 Å². The van der Waals surface area contributed by atoms with Gasteiger partial charge in [-0.2, -0.15) is 0 Å². The van der Waals surface area contributed by atoms with E-state index in [4.69, 9.17) is 14.2 Å². The van der Waals surface area contributed by atoms with Crippen LogP contribution in [-0.2, 0) is 14.2 Å². The topological polar surface area (TPSA) is 78.9 Å². The van der Waals surface area contributed by atoms with Gasteiger partial charge < -0.3 is 14.2 Å². The van der Waals surface area contributed by atoms with Crippen molar-refractivity contribution in [2.45, 2.75) is 157 Å². The molecule has 3 atom stereocenters. The molecular weight excluding hydrogens is 564 g/mol. The van der Waals surface area contributed by atoms with Gasteiger partial charge in [0.15, 0.2) is 0 Å². The fraction of sp³-hybridized carbons (Fsp3) is 0.769. The highest BCUT2D eigenvalue weighted by atomic mass is 16.5. The van der Waals surface area contributed by atoms with E-state index in [2.05, 4.69) is 41.5 Å². The van der Waals surface area contributed by atoms with Crippen molar-refractivity contribution in [2.24, 2.45) is 17.8 Å². The summed E-state index contributed by atoms with van der Waals surface area (Å²) in [7, 11) is 0. The van der Waals surface area contributed by atoms with E-state index in [0.717, 1.165) is 116 Å². The Labute approximate surface area is 275 Å². The highest BCUT2D eigenvalue weighted by molar-refractivity contribution is 6.10. The van der Waals surface area contributed by atoms with Crippen LogP contribution in [0.3, 0.4) is 0 Å². The lowest BCUT2D eigenvalue weighted by atomic mass is 9.96. The zero-order chi connectivity index (χ0) is 33.3. The fourth-order valence-electron chi connectivity index (χ4n) is 6.13. The van der Waals surface area contributed by atoms with Crippen LogP contribution in [0.25, 0.3) is 0 Å². The predicted octanol–water partition coefficient (Wildman–Crippen LogP) is 11.1. The number of benzene rings is 1. The summed E-state index contributed by atoms with van der Waals surface area (Å²) in [5.41, 5.74) is 0.112. The van der Waals surface area contributed by atoms with E-state index in [1.165, 1.54) is 0 Å². The number of esters is 3. The van der Waals surface area contributed by atoms with Crippen molar-refractivity contribution >= 4 is 17.9 Å². The van der Waals surface area contributed by atoms with Gasteiger partial charge in [0.25, 0.3) is 0 Å². The lowest BCUT2D eigenvalue weighted by Gasteiger charge is -2.20. The average molecular weight is 631 g/mol. The SMILES string of the molecule is CCCCCC(CCC)COC(=O)c1cccc(C(=O)OCC(CCC)CCCCC)c1C(=O)OCC(CCC)CCCCC. The molecule has 0 heterocycles. The number of ether oxygens (including phenoxy) is 3. The largest absolute Gasteiger partial charge is 0.462 e. The van der Waals surface area contributed by atoms with Crippen LogP contribution in [0.2, 0.25) is 0 Å². The van der Waals surface area contributed by atoms with Crippen LogP contribution in [0.4, 0.5) is 0 Å². The van der Waals surface area contributed by atoms with Crippen molar-refractivity contribution in [1.82, 2.24) is 0 Å². The second kappa shape index (κ2) is 25.8. The van der Waals surface area contributed by atoms with E-state index in [-0.39, 0.29) is 41.1 Å². The molecule has 0 aliphatic heterocycles. The molecule has 0 fully saturated rings. The van der Waals surface area contributed by atoms with Gasteiger partial charge in [0.05, 0.1) is 36.5 Å². The molecule has 3 unspecified atom stereocenters. The third kappa shape index (κ3) is 16.7. The van der Waals surface area contributed by atoms with Crippen molar-refractivity contribution in [3.05, 3.63) is 34.9 Å². The summed E-state index contributed by atoms with van der Waals surface area (Å²) >= 11 is 0. The zero-order valence-electron chi connectivity index (χ0n) is 29.8. The van der Waals surface area contributed by atoms with Gasteiger partial charge in [-0.1, -0.05) is 125 Å². The first-order chi connectivity index (χ1) is 21.9. The minimum Gasteiger partial charge on any atom is -0.462 e. The Balaban J connectivity index is 3.24. The Morgan fingerprint density at radius 1 is 0.467 bits per heavy atom. The summed E-state index contributed by atoms with van der Waals surface area (Å²) in [5, 5.41) is 0. The highest BCUT2D eigenvalue weighted by Gasteiger charge is 2.29. The number of rotatable bonds is 27. The lowest BCUT2D eigenvalue weighted by Crippen LogP contribution is -2.23. The summed E-state index contributed by atoms with van der Waals surface area (Å²) in [6.45, 7) is 13.8. The normalized spacial score (nSPS) is 13.2. The smallest absolute Gasteiger partial charge is 0.339 e. The molecule has 0 N–H and O–H groups in total. The minimum atomic E-state index is -0.660. The van der Waals surface area contributed by atoms with E-state index in [1.54, 1.807) is 18.2 Å². The molecule has 0 saturated heterocycles. The molecule has 1 aromatic carbocycles. The molecule has 6 heteroatoms. The highest BCUT2D eigenvalue weighted by Crippen LogP contribution is 2.24. The van der Waals surface area contributed by atoms with Crippen molar-refractivity contribution in [3.8, 4) is 0 Å². The molecule has 0 aliphatic rings. The van der Waals surface area contributed by atoms with Gasteiger partial charge in [0.1, 0.15) is 0 Å². The third-order valence-electron chi connectivity index (χ3n) is 8.80. The van der Waals surface area contributed by atoms with Crippen LogP contribution in [0.15, 0.2) is 18.2 Å². The molecule has 0 bridgehead atoms. The number of unbranched alkanes of at least 4 members (excludes halogenated alkanes) is 6. The first-order valence-corrected chi connectivity index (χ1v) is 18.5. The zero-order valence-corrected chi connectivity index (χ0v) is 29.8. The molecule has 0 radical (unpaired) electrons. The average Bonchev–Trinajstić information content (AvgIpc) is 3.04. The quantitative estimate of drug-likeness (QED) is 0.0546. The molecule has 6 nitrogen and oxygen atoms in total. The second-order valence-electron chi connectivity index (χ2n) is 13.0. The number of hydrogen-bond donors (Lipinski definition) is 0. The van der Waals surface area contributed by atoms with E-state index in [1.807, 2.05) is 0 Å². The molecule has 1 rings (SSSR count). The second-order valence-corrected chi connectivity index (χ2v) is 13.0. The molecule has 0 saturated carbocycles. The molecule has 0 spiro atoms.